The van der Waals surface area contributed by atoms with Crippen LogP contribution in [0.25, 0.3) is 0 Å². The Balaban J connectivity index is 1.70. The van der Waals surface area contributed by atoms with Crippen LogP contribution in [-0.4, -0.2) is 17.9 Å². The highest BCUT2D eigenvalue weighted by atomic mass is 16.2. The van der Waals surface area contributed by atoms with Gasteiger partial charge in [0.05, 0.1) is 0 Å². The van der Waals surface area contributed by atoms with Crippen LogP contribution in [-0.2, 0) is 11.2 Å². The van der Waals surface area contributed by atoms with Crippen molar-refractivity contribution in [3.63, 3.8) is 0 Å². The molecule has 1 heterocycles. The maximum Gasteiger partial charge on any atom is 0.251 e. The number of carbonyl (C=O) groups excluding carboxylic acids is 2. The lowest BCUT2D eigenvalue weighted by Crippen LogP contribution is -2.33. The fourth-order valence-electron chi connectivity index (χ4n) is 3.35. The lowest BCUT2D eigenvalue weighted by molar-refractivity contribution is -0.116. The van der Waals surface area contributed by atoms with Gasteiger partial charge in [0.1, 0.15) is 0 Å². The molecule has 1 aromatic carbocycles. The van der Waals surface area contributed by atoms with Gasteiger partial charge in [-0.2, -0.15) is 0 Å². The largest absolute Gasteiger partial charge is 0.349 e. The number of nitrogens with one attached hydrogen (secondary N) is 2. The molecule has 4 nitrogen and oxygen atoms in total. The van der Waals surface area contributed by atoms with Crippen LogP contribution in [0.15, 0.2) is 18.2 Å². The molecule has 21 heavy (non-hydrogen) atoms. The Hall–Kier alpha value is -1.84. The van der Waals surface area contributed by atoms with E-state index >= 15 is 0 Å². The molecular weight excluding hydrogens is 264 g/mol. The zero-order valence-electron chi connectivity index (χ0n) is 12.7. The first kappa shape index (κ1) is 14.1. The van der Waals surface area contributed by atoms with E-state index in [0.717, 1.165) is 30.5 Å². The summed E-state index contributed by atoms with van der Waals surface area (Å²) in [5, 5.41) is 5.98. The molecule has 0 bridgehead atoms. The van der Waals surface area contributed by atoms with E-state index in [1.165, 1.54) is 0 Å². The molecule has 3 rings (SSSR count). The number of hydrogen-bond acceptors (Lipinski definition) is 2. The van der Waals surface area contributed by atoms with Crippen molar-refractivity contribution in [3.8, 4) is 0 Å². The molecule has 0 spiro atoms. The third-order valence-electron chi connectivity index (χ3n) is 4.57. The minimum absolute atomic E-state index is 0.00241. The Morgan fingerprint density at radius 2 is 2.14 bits per heavy atom. The van der Waals surface area contributed by atoms with Crippen LogP contribution in [0.2, 0.25) is 0 Å². The summed E-state index contributed by atoms with van der Waals surface area (Å²) >= 11 is 0. The van der Waals surface area contributed by atoms with E-state index in [0.29, 0.717) is 23.8 Å². The maximum absolute atomic E-state index is 12.4. The lowest BCUT2D eigenvalue weighted by atomic mass is 9.92. The van der Waals surface area contributed by atoms with Crippen molar-refractivity contribution in [2.45, 2.75) is 52.0 Å². The van der Waals surface area contributed by atoms with Gasteiger partial charge in [0, 0.05) is 23.7 Å². The monoisotopic (exact) mass is 286 g/mol. The molecule has 1 aliphatic carbocycles. The average Bonchev–Trinajstić information content (AvgIpc) is 2.77. The number of anilines is 1. The minimum Gasteiger partial charge on any atom is -0.349 e. The van der Waals surface area contributed by atoms with E-state index in [1.54, 1.807) is 6.07 Å². The zero-order valence-corrected chi connectivity index (χ0v) is 12.7. The fraction of sp³-hybridized carbons (Fsp3) is 0.529. The van der Waals surface area contributed by atoms with Crippen molar-refractivity contribution in [1.29, 1.82) is 0 Å². The van der Waals surface area contributed by atoms with Gasteiger partial charge < -0.3 is 10.6 Å². The van der Waals surface area contributed by atoms with Crippen LogP contribution in [0.4, 0.5) is 5.69 Å². The predicted octanol–water partition coefficient (Wildman–Crippen LogP) is 2.88. The number of hydrogen-bond donors (Lipinski definition) is 2. The minimum atomic E-state index is -0.00241. The van der Waals surface area contributed by atoms with Gasteiger partial charge in [-0.3, -0.25) is 9.59 Å². The normalized spacial score (nSPS) is 23.3. The van der Waals surface area contributed by atoms with Crippen molar-refractivity contribution in [1.82, 2.24) is 5.32 Å². The van der Waals surface area contributed by atoms with Crippen LogP contribution < -0.4 is 10.6 Å². The van der Waals surface area contributed by atoms with E-state index < -0.39 is 0 Å². The quantitative estimate of drug-likeness (QED) is 0.878. The van der Waals surface area contributed by atoms with Gasteiger partial charge in [0.15, 0.2) is 0 Å². The molecule has 2 amide bonds. The van der Waals surface area contributed by atoms with Gasteiger partial charge in [-0.15, -0.1) is 0 Å². The number of fused-ring (bicyclic) bond motifs is 1. The maximum atomic E-state index is 12.4. The summed E-state index contributed by atoms with van der Waals surface area (Å²) < 4.78 is 0. The van der Waals surface area contributed by atoms with E-state index in [4.69, 9.17) is 0 Å². The van der Waals surface area contributed by atoms with Gasteiger partial charge in [-0.1, -0.05) is 13.8 Å². The smallest absolute Gasteiger partial charge is 0.251 e. The lowest BCUT2D eigenvalue weighted by Gasteiger charge is -2.19. The molecule has 0 saturated heterocycles. The molecule has 1 atom stereocenters. The van der Waals surface area contributed by atoms with Gasteiger partial charge in [0.2, 0.25) is 5.91 Å². The van der Waals surface area contributed by atoms with Gasteiger partial charge in [0.25, 0.3) is 5.91 Å². The van der Waals surface area contributed by atoms with E-state index in [2.05, 4.69) is 24.5 Å². The van der Waals surface area contributed by atoms with Crippen molar-refractivity contribution in [3.05, 3.63) is 29.3 Å². The first-order valence-corrected chi connectivity index (χ1v) is 7.67. The average molecular weight is 286 g/mol. The van der Waals surface area contributed by atoms with Crippen molar-refractivity contribution >= 4 is 17.5 Å². The van der Waals surface area contributed by atoms with Crippen molar-refractivity contribution in [2.75, 3.05) is 5.32 Å². The third-order valence-corrected chi connectivity index (χ3v) is 4.57. The third kappa shape index (κ3) is 3.09. The van der Waals surface area contributed by atoms with Crippen LogP contribution in [0.1, 0.15) is 55.5 Å². The van der Waals surface area contributed by atoms with E-state index in [1.807, 2.05) is 12.1 Å². The highest BCUT2D eigenvalue weighted by Gasteiger charge is 2.31. The second-order valence-electron chi connectivity index (χ2n) is 7.00. The number of aryl methyl sites for hydroxylation is 1. The highest BCUT2D eigenvalue weighted by molar-refractivity contribution is 5.98. The molecule has 1 unspecified atom stereocenters. The number of rotatable bonds is 2. The Morgan fingerprint density at radius 3 is 2.86 bits per heavy atom. The summed E-state index contributed by atoms with van der Waals surface area (Å²) in [7, 11) is 0. The molecule has 112 valence electrons. The Labute approximate surface area is 125 Å². The molecule has 1 fully saturated rings. The molecule has 1 aromatic rings. The van der Waals surface area contributed by atoms with E-state index in [9.17, 15) is 9.59 Å². The van der Waals surface area contributed by atoms with Crippen LogP contribution in [0.3, 0.4) is 0 Å². The summed E-state index contributed by atoms with van der Waals surface area (Å²) in [6.07, 6.45) is 4.46. The molecular formula is C17H22N2O2. The summed E-state index contributed by atoms with van der Waals surface area (Å²) in [6.45, 7) is 4.50. The predicted molar refractivity (Wildman–Crippen MR) is 82.3 cm³/mol. The Bertz CT molecular complexity index is 592. The van der Waals surface area contributed by atoms with Crippen LogP contribution >= 0.6 is 0 Å². The van der Waals surface area contributed by atoms with Gasteiger partial charge >= 0.3 is 0 Å². The van der Waals surface area contributed by atoms with Crippen molar-refractivity contribution < 1.29 is 9.59 Å². The second kappa shape index (κ2) is 5.17. The van der Waals surface area contributed by atoms with Crippen molar-refractivity contribution in [2.24, 2.45) is 5.41 Å². The second-order valence-corrected chi connectivity index (χ2v) is 7.00. The summed E-state index contributed by atoms with van der Waals surface area (Å²) in [5.41, 5.74) is 2.91. The van der Waals surface area contributed by atoms with Gasteiger partial charge in [-0.25, -0.2) is 0 Å². The number of amides is 2. The summed E-state index contributed by atoms with van der Waals surface area (Å²) in [5.74, 6) is 0.0466. The molecule has 1 saturated carbocycles. The van der Waals surface area contributed by atoms with Crippen LogP contribution in [0, 0.1) is 5.41 Å². The first-order valence-electron chi connectivity index (χ1n) is 7.67. The van der Waals surface area contributed by atoms with Gasteiger partial charge in [-0.05, 0) is 54.9 Å². The molecule has 0 radical (unpaired) electrons. The number of carbonyl (C=O) groups is 2. The molecule has 1 aliphatic heterocycles. The molecule has 4 heteroatoms. The number of benzene rings is 1. The molecule has 0 aromatic heterocycles. The SMILES string of the molecule is CC1(C)CCC(NC(=O)c2ccc3c(c2)CCC(=O)N3)C1. The Kier molecular flexibility index (Phi) is 3.47. The Morgan fingerprint density at radius 1 is 1.33 bits per heavy atom. The standard InChI is InChI=1S/C17H22N2O2/c1-17(2)8-7-13(10-17)18-16(21)12-3-5-14-11(9-12)4-6-15(20)19-14/h3,5,9,13H,4,6-8,10H2,1-2H3,(H,18,21)(H,19,20). The van der Waals surface area contributed by atoms with Crippen LogP contribution in [0.5, 0.6) is 0 Å². The van der Waals surface area contributed by atoms with E-state index in [-0.39, 0.29) is 17.9 Å². The molecule has 2 N–H and O–H groups in total. The fourth-order valence-corrected chi connectivity index (χ4v) is 3.35. The topological polar surface area (TPSA) is 58.2 Å². The molecule has 2 aliphatic rings. The first-order chi connectivity index (χ1) is 9.93. The highest BCUT2D eigenvalue weighted by Crippen LogP contribution is 2.37. The summed E-state index contributed by atoms with van der Waals surface area (Å²) in [4.78, 5) is 23.7. The summed E-state index contributed by atoms with van der Waals surface area (Å²) in [6, 6.07) is 5.81. The zero-order chi connectivity index (χ0) is 15.0.